The van der Waals surface area contributed by atoms with Crippen LogP contribution in [-0.4, -0.2) is 51.7 Å². The minimum Gasteiger partial charge on any atom is -0.488 e. The number of amides is 1. The van der Waals surface area contributed by atoms with Crippen LogP contribution in [0.1, 0.15) is 19.3 Å². The maximum absolute atomic E-state index is 12.9. The Labute approximate surface area is 133 Å². The summed E-state index contributed by atoms with van der Waals surface area (Å²) in [6.45, 7) is 1.58. The summed E-state index contributed by atoms with van der Waals surface area (Å²) in [5.74, 6) is 1.84. The van der Waals surface area contributed by atoms with Crippen molar-refractivity contribution in [3.63, 3.8) is 0 Å². The van der Waals surface area contributed by atoms with Crippen molar-refractivity contribution in [3.05, 3.63) is 24.5 Å². The molecule has 1 spiro atoms. The van der Waals surface area contributed by atoms with E-state index in [4.69, 9.17) is 4.74 Å². The number of ether oxygens (including phenoxy) is 1. The zero-order valence-corrected chi connectivity index (χ0v) is 13.1. The monoisotopic (exact) mass is 322 g/mol. The molecular weight excluding hydrogens is 303 g/mol. The zero-order chi connectivity index (χ0) is 15.2. The zero-order valence-electron chi connectivity index (χ0n) is 12.3. The number of nitrogens with zero attached hydrogens (tertiary/aromatic N) is 2. The summed E-state index contributed by atoms with van der Waals surface area (Å²) >= 11 is 1.90. The third-order valence-electron chi connectivity index (χ3n) is 4.81. The average Bonchev–Trinajstić information content (AvgIpc) is 2.87. The molecule has 2 aliphatic heterocycles. The van der Waals surface area contributed by atoms with E-state index in [1.165, 1.54) is 0 Å². The third kappa shape index (κ3) is 2.57. The number of pyridine rings is 1. The number of carbonyl (C=O) groups excluding carboxylic acids is 1. The van der Waals surface area contributed by atoms with Gasteiger partial charge in [-0.2, -0.15) is 0 Å². The van der Waals surface area contributed by atoms with Crippen LogP contribution >= 0.6 is 11.8 Å². The fourth-order valence-electron chi connectivity index (χ4n) is 3.52. The summed E-state index contributed by atoms with van der Waals surface area (Å²) < 4.78 is 19.0. The summed E-state index contributed by atoms with van der Waals surface area (Å²) in [4.78, 5) is 18.1. The van der Waals surface area contributed by atoms with E-state index in [-0.39, 0.29) is 22.7 Å². The fraction of sp³-hybridized carbons (Fsp3) is 0.625. The van der Waals surface area contributed by atoms with Crippen LogP contribution in [0.15, 0.2) is 24.5 Å². The van der Waals surface area contributed by atoms with Gasteiger partial charge in [-0.15, -0.1) is 11.8 Å². The Kier molecular flexibility index (Phi) is 3.51. The maximum atomic E-state index is 12.9. The van der Waals surface area contributed by atoms with Gasteiger partial charge in [0.2, 0.25) is 5.91 Å². The van der Waals surface area contributed by atoms with Crippen molar-refractivity contribution in [2.24, 2.45) is 5.92 Å². The third-order valence-corrected chi connectivity index (χ3v) is 6.39. The van der Waals surface area contributed by atoms with Crippen LogP contribution in [0, 0.1) is 5.92 Å². The molecule has 1 amide bonds. The second kappa shape index (κ2) is 5.41. The summed E-state index contributed by atoms with van der Waals surface area (Å²) in [6.07, 6.45) is 4.69. The normalized spacial score (nSPS) is 32.4. The van der Waals surface area contributed by atoms with Crippen LogP contribution in [0.4, 0.5) is 4.39 Å². The molecule has 3 fully saturated rings. The number of alkyl halides is 1. The molecule has 2 saturated heterocycles. The summed E-state index contributed by atoms with van der Waals surface area (Å²) in [7, 11) is 0. The lowest BCUT2D eigenvalue weighted by molar-refractivity contribution is -0.146. The molecule has 1 saturated carbocycles. The largest absolute Gasteiger partial charge is 0.488 e. The lowest BCUT2D eigenvalue weighted by atomic mass is 9.80. The molecule has 0 bridgehead atoms. The smallest absolute Gasteiger partial charge is 0.225 e. The van der Waals surface area contributed by atoms with Gasteiger partial charge in [-0.3, -0.25) is 9.78 Å². The lowest BCUT2D eigenvalue weighted by Gasteiger charge is -2.49. The maximum Gasteiger partial charge on any atom is 0.225 e. The molecular formula is C16H19FN2O2S. The number of thioether (sulfide) groups is 1. The Hall–Kier alpha value is -1.30. The van der Waals surface area contributed by atoms with Crippen LogP contribution in [0.25, 0.3) is 0 Å². The van der Waals surface area contributed by atoms with E-state index in [9.17, 15) is 9.18 Å². The van der Waals surface area contributed by atoms with Gasteiger partial charge in [-0.25, -0.2) is 4.39 Å². The second-order valence-corrected chi connectivity index (χ2v) is 8.07. The molecule has 0 radical (unpaired) electrons. The minimum atomic E-state index is -0.762. The average molecular weight is 322 g/mol. The number of hydrogen-bond donors (Lipinski definition) is 0. The minimum absolute atomic E-state index is 0.0683. The van der Waals surface area contributed by atoms with Crippen LogP contribution in [0.2, 0.25) is 0 Å². The Morgan fingerprint density at radius 1 is 1.45 bits per heavy atom. The first-order valence-corrected chi connectivity index (χ1v) is 8.76. The molecule has 4 rings (SSSR count). The topological polar surface area (TPSA) is 42.4 Å². The van der Waals surface area contributed by atoms with Gasteiger partial charge in [-0.1, -0.05) is 0 Å². The molecule has 1 aromatic heterocycles. The first kappa shape index (κ1) is 14.3. The first-order valence-electron chi connectivity index (χ1n) is 7.77. The van der Waals surface area contributed by atoms with E-state index in [0.29, 0.717) is 12.8 Å². The molecule has 3 heterocycles. The van der Waals surface area contributed by atoms with Crippen molar-refractivity contribution in [2.45, 2.75) is 36.3 Å². The van der Waals surface area contributed by atoms with Gasteiger partial charge < -0.3 is 9.64 Å². The molecule has 6 heteroatoms. The summed E-state index contributed by atoms with van der Waals surface area (Å²) in [5, 5.41) is 0. The van der Waals surface area contributed by atoms with Gasteiger partial charge in [-0.05, 0) is 25.0 Å². The Balaban J connectivity index is 1.28. The number of rotatable bonds is 3. The van der Waals surface area contributed by atoms with Gasteiger partial charge in [0.05, 0.1) is 10.9 Å². The van der Waals surface area contributed by atoms with Crippen molar-refractivity contribution in [1.82, 2.24) is 9.88 Å². The van der Waals surface area contributed by atoms with E-state index in [2.05, 4.69) is 4.98 Å². The van der Waals surface area contributed by atoms with Crippen LogP contribution < -0.4 is 4.74 Å². The van der Waals surface area contributed by atoms with E-state index in [1.807, 2.05) is 28.8 Å². The number of hydrogen-bond acceptors (Lipinski definition) is 4. The second-order valence-electron chi connectivity index (χ2n) is 6.59. The molecule has 118 valence electrons. The van der Waals surface area contributed by atoms with Crippen LogP contribution in [0.3, 0.4) is 0 Å². The number of aromatic nitrogens is 1. The van der Waals surface area contributed by atoms with E-state index in [0.717, 1.165) is 31.0 Å². The summed E-state index contributed by atoms with van der Waals surface area (Å²) in [5.41, 5.74) is 0. The standard InChI is InChI=1S/C16H19FN2O2S/c17-12-4-11(5-12)15(20)19-9-16(10-19)6-14(8-22-16)21-13-2-1-3-18-7-13/h1-3,7,11-12,14H,4-6,8-10H2. The van der Waals surface area contributed by atoms with Gasteiger partial charge >= 0.3 is 0 Å². The molecule has 1 aliphatic carbocycles. The van der Waals surface area contributed by atoms with Gasteiger partial charge in [0.15, 0.2) is 0 Å². The Morgan fingerprint density at radius 2 is 2.27 bits per heavy atom. The molecule has 3 aliphatic rings. The SMILES string of the molecule is O=C(C1CC(F)C1)N1CC2(CC(Oc3cccnc3)CS2)C1. The molecule has 0 N–H and O–H groups in total. The molecule has 1 aromatic rings. The van der Waals surface area contributed by atoms with Crippen molar-refractivity contribution >= 4 is 17.7 Å². The molecule has 22 heavy (non-hydrogen) atoms. The molecule has 1 atom stereocenters. The fourth-order valence-corrected chi connectivity index (χ4v) is 5.04. The highest BCUT2D eigenvalue weighted by Crippen LogP contribution is 2.47. The van der Waals surface area contributed by atoms with Gasteiger partial charge in [0.1, 0.15) is 18.0 Å². The van der Waals surface area contributed by atoms with Crippen molar-refractivity contribution in [2.75, 3.05) is 18.8 Å². The van der Waals surface area contributed by atoms with Crippen molar-refractivity contribution in [3.8, 4) is 5.75 Å². The quantitative estimate of drug-likeness (QED) is 0.856. The first-order chi connectivity index (χ1) is 10.6. The predicted molar refractivity (Wildman–Crippen MR) is 82.7 cm³/mol. The van der Waals surface area contributed by atoms with Gasteiger partial charge in [0, 0.05) is 37.4 Å². The molecule has 4 nitrogen and oxygen atoms in total. The number of halogens is 1. The highest BCUT2D eigenvalue weighted by Gasteiger charge is 2.53. The highest BCUT2D eigenvalue weighted by molar-refractivity contribution is 8.01. The van der Waals surface area contributed by atoms with Crippen LogP contribution in [0.5, 0.6) is 5.75 Å². The number of likely N-dealkylation sites (tertiary alicyclic amines) is 1. The van der Waals surface area contributed by atoms with E-state index >= 15 is 0 Å². The highest BCUT2D eigenvalue weighted by atomic mass is 32.2. The van der Waals surface area contributed by atoms with Crippen LogP contribution in [-0.2, 0) is 4.79 Å². The molecule has 0 aromatic carbocycles. The Morgan fingerprint density at radius 3 is 2.95 bits per heavy atom. The Bertz CT molecular complexity index is 559. The van der Waals surface area contributed by atoms with E-state index < -0.39 is 6.17 Å². The van der Waals surface area contributed by atoms with Crippen molar-refractivity contribution in [1.29, 1.82) is 0 Å². The van der Waals surface area contributed by atoms with Crippen molar-refractivity contribution < 1.29 is 13.9 Å². The van der Waals surface area contributed by atoms with E-state index in [1.54, 1.807) is 12.4 Å². The van der Waals surface area contributed by atoms with Gasteiger partial charge in [0.25, 0.3) is 0 Å². The number of carbonyl (C=O) groups is 1. The summed E-state index contributed by atoms with van der Waals surface area (Å²) in [6, 6.07) is 3.79. The predicted octanol–water partition coefficient (Wildman–Crippen LogP) is 2.29. The molecule has 1 unspecified atom stereocenters. The lowest BCUT2D eigenvalue weighted by Crippen LogP contribution is -2.62.